The standard InChI is InChI=1S/C23H27BrN6O/c1-17-22(26-27-30(17)21-8-4-7-20(24)14-21)23(31)25-15-18-5-3-6-19(13-18)16-29-11-9-28(2)10-12-29/h3-8,13-14H,9-12,15-16H2,1-2H3,(H,25,31). The molecule has 0 unspecified atom stereocenters. The number of nitrogens with zero attached hydrogens (tertiary/aromatic N) is 5. The van der Waals surface area contributed by atoms with E-state index in [0.29, 0.717) is 17.9 Å². The van der Waals surface area contributed by atoms with Crippen molar-refractivity contribution in [3.05, 3.63) is 75.5 Å². The van der Waals surface area contributed by atoms with E-state index in [4.69, 9.17) is 0 Å². The van der Waals surface area contributed by atoms with Gasteiger partial charge in [0.05, 0.1) is 11.4 Å². The summed E-state index contributed by atoms with van der Waals surface area (Å²) >= 11 is 3.46. The number of likely N-dealkylation sites (N-methyl/N-ethyl adjacent to an activating group) is 1. The highest BCUT2D eigenvalue weighted by Crippen LogP contribution is 2.17. The average molecular weight is 483 g/mol. The first-order valence-electron chi connectivity index (χ1n) is 10.4. The van der Waals surface area contributed by atoms with E-state index in [1.54, 1.807) is 4.68 Å². The summed E-state index contributed by atoms with van der Waals surface area (Å²) in [5, 5.41) is 11.3. The number of aromatic nitrogens is 3. The summed E-state index contributed by atoms with van der Waals surface area (Å²) in [6.45, 7) is 7.64. The first-order chi connectivity index (χ1) is 15.0. The molecule has 1 fully saturated rings. The van der Waals surface area contributed by atoms with Gasteiger partial charge >= 0.3 is 0 Å². The molecule has 8 heteroatoms. The molecule has 1 aromatic heterocycles. The Hall–Kier alpha value is -2.55. The Labute approximate surface area is 191 Å². The van der Waals surface area contributed by atoms with E-state index in [1.807, 2.05) is 37.3 Å². The highest BCUT2D eigenvalue weighted by molar-refractivity contribution is 9.10. The maximum Gasteiger partial charge on any atom is 0.274 e. The first-order valence-corrected chi connectivity index (χ1v) is 11.2. The number of halogens is 1. The third-order valence-corrected chi connectivity index (χ3v) is 6.10. The lowest BCUT2D eigenvalue weighted by atomic mass is 10.1. The quantitative estimate of drug-likeness (QED) is 0.584. The van der Waals surface area contributed by atoms with Crippen LogP contribution in [0.15, 0.2) is 53.0 Å². The van der Waals surface area contributed by atoms with Gasteiger partial charge in [0.1, 0.15) is 0 Å². The number of piperazine rings is 1. The zero-order valence-electron chi connectivity index (χ0n) is 17.9. The molecule has 1 N–H and O–H groups in total. The van der Waals surface area contributed by atoms with Crippen molar-refractivity contribution >= 4 is 21.8 Å². The summed E-state index contributed by atoms with van der Waals surface area (Å²) in [7, 11) is 2.17. The monoisotopic (exact) mass is 482 g/mol. The molecule has 0 atom stereocenters. The minimum Gasteiger partial charge on any atom is -0.347 e. The van der Waals surface area contributed by atoms with Gasteiger partial charge in [-0.3, -0.25) is 9.69 Å². The van der Waals surface area contributed by atoms with Crippen LogP contribution in [-0.4, -0.2) is 63.9 Å². The molecule has 4 rings (SSSR count). The highest BCUT2D eigenvalue weighted by atomic mass is 79.9. The molecule has 0 aliphatic carbocycles. The summed E-state index contributed by atoms with van der Waals surface area (Å²) in [4.78, 5) is 17.6. The molecule has 0 radical (unpaired) electrons. The molecule has 7 nitrogen and oxygen atoms in total. The van der Waals surface area contributed by atoms with E-state index in [0.717, 1.165) is 48.4 Å². The van der Waals surface area contributed by atoms with Gasteiger partial charge in [0.2, 0.25) is 0 Å². The van der Waals surface area contributed by atoms with Gasteiger partial charge in [0, 0.05) is 43.7 Å². The van der Waals surface area contributed by atoms with E-state index in [-0.39, 0.29) is 5.91 Å². The van der Waals surface area contributed by atoms with Crippen LogP contribution in [0.4, 0.5) is 0 Å². The number of benzene rings is 2. The third-order valence-electron chi connectivity index (χ3n) is 5.61. The van der Waals surface area contributed by atoms with Crippen LogP contribution in [0, 0.1) is 6.92 Å². The summed E-state index contributed by atoms with van der Waals surface area (Å²) < 4.78 is 2.62. The summed E-state index contributed by atoms with van der Waals surface area (Å²) in [6, 6.07) is 16.2. The molecule has 1 amide bonds. The van der Waals surface area contributed by atoms with Crippen LogP contribution >= 0.6 is 15.9 Å². The van der Waals surface area contributed by atoms with Crippen LogP contribution in [-0.2, 0) is 13.1 Å². The number of hydrogen-bond acceptors (Lipinski definition) is 5. The Balaban J connectivity index is 1.38. The molecule has 1 aliphatic heterocycles. The van der Waals surface area contributed by atoms with E-state index < -0.39 is 0 Å². The molecule has 1 aliphatic rings. The molecule has 31 heavy (non-hydrogen) atoms. The van der Waals surface area contributed by atoms with E-state index in [9.17, 15) is 4.79 Å². The Morgan fingerprint density at radius 1 is 1.06 bits per heavy atom. The highest BCUT2D eigenvalue weighted by Gasteiger charge is 2.18. The number of amides is 1. The normalized spacial score (nSPS) is 15.2. The number of carbonyl (C=O) groups is 1. The van der Waals surface area contributed by atoms with Crippen molar-refractivity contribution in [1.29, 1.82) is 0 Å². The van der Waals surface area contributed by atoms with Crippen LogP contribution in [0.1, 0.15) is 27.3 Å². The second kappa shape index (κ2) is 9.72. The van der Waals surface area contributed by atoms with Gasteiger partial charge in [-0.2, -0.15) is 0 Å². The molecule has 1 saturated heterocycles. The van der Waals surface area contributed by atoms with E-state index in [2.05, 4.69) is 66.6 Å². The van der Waals surface area contributed by atoms with E-state index >= 15 is 0 Å². The number of nitrogens with one attached hydrogen (secondary N) is 1. The Kier molecular flexibility index (Phi) is 6.80. The van der Waals surface area contributed by atoms with Gasteiger partial charge in [-0.1, -0.05) is 51.5 Å². The fourth-order valence-electron chi connectivity index (χ4n) is 3.76. The lowest BCUT2D eigenvalue weighted by Gasteiger charge is -2.32. The number of rotatable bonds is 6. The van der Waals surface area contributed by atoms with Crippen molar-refractivity contribution in [3.8, 4) is 5.69 Å². The van der Waals surface area contributed by atoms with Gasteiger partial charge < -0.3 is 10.2 Å². The predicted molar refractivity (Wildman–Crippen MR) is 124 cm³/mol. The van der Waals surface area contributed by atoms with Crippen LogP contribution in [0.2, 0.25) is 0 Å². The largest absolute Gasteiger partial charge is 0.347 e. The number of carbonyl (C=O) groups excluding carboxylic acids is 1. The van der Waals surface area contributed by atoms with Crippen LogP contribution in [0.3, 0.4) is 0 Å². The molecular weight excluding hydrogens is 456 g/mol. The van der Waals surface area contributed by atoms with Gasteiger partial charge in [0.25, 0.3) is 5.91 Å². The summed E-state index contributed by atoms with van der Waals surface area (Å²) in [5.74, 6) is -0.219. The Morgan fingerprint density at radius 2 is 1.81 bits per heavy atom. The molecule has 0 spiro atoms. The lowest BCUT2D eigenvalue weighted by molar-refractivity contribution is 0.0945. The molecule has 0 saturated carbocycles. The van der Waals surface area contributed by atoms with Crippen molar-refractivity contribution in [2.24, 2.45) is 0 Å². The summed E-state index contributed by atoms with van der Waals surface area (Å²) in [6.07, 6.45) is 0. The minimum atomic E-state index is -0.219. The molecule has 2 heterocycles. The predicted octanol–water partition coefficient (Wildman–Crippen LogP) is 3.02. The number of hydrogen-bond donors (Lipinski definition) is 1. The topological polar surface area (TPSA) is 66.3 Å². The molecule has 0 bridgehead atoms. The molecule has 162 valence electrons. The smallest absolute Gasteiger partial charge is 0.274 e. The van der Waals surface area contributed by atoms with Gasteiger partial charge in [-0.05, 0) is 43.3 Å². The maximum absolute atomic E-state index is 12.7. The lowest BCUT2D eigenvalue weighted by Crippen LogP contribution is -2.43. The molecule has 3 aromatic rings. The van der Waals surface area contributed by atoms with E-state index in [1.165, 1.54) is 5.56 Å². The maximum atomic E-state index is 12.7. The zero-order chi connectivity index (χ0) is 21.8. The second-order valence-corrected chi connectivity index (χ2v) is 8.91. The SMILES string of the molecule is Cc1c(C(=O)NCc2cccc(CN3CCN(C)CC3)c2)nnn1-c1cccc(Br)c1. The third kappa shape index (κ3) is 5.39. The first kappa shape index (κ1) is 21.7. The zero-order valence-corrected chi connectivity index (χ0v) is 19.5. The van der Waals surface area contributed by atoms with Crippen molar-refractivity contribution in [2.75, 3.05) is 33.2 Å². The fraction of sp³-hybridized carbons (Fsp3) is 0.348. The fourth-order valence-corrected chi connectivity index (χ4v) is 4.15. The van der Waals surface area contributed by atoms with Crippen molar-refractivity contribution < 1.29 is 4.79 Å². The van der Waals surface area contributed by atoms with Crippen molar-refractivity contribution in [3.63, 3.8) is 0 Å². The second-order valence-electron chi connectivity index (χ2n) is 8.00. The summed E-state index contributed by atoms with van der Waals surface area (Å²) in [5.41, 5.74) is 4.26. The van der Waals surface area contributed by atoms with Crippen LogP contribution in [0.25, 0.3) is 5.69 Å². The average Bonchev–Trinajstić information content (AvgIpc) is 3.15. The van der Waals surface area contributed by atoms with Crippen LogP contribution in [0.5, 0.6) is 0 Å². The minimum absolute atomic E-state index is 0.219. The van der Waals surface area contributed by atoms with Gasteiger partial charge in [-0.15, -0.1) is 5.10 Å². The molecular formula is C23H27BrN6O. The molecule has 2 aromatic carbocycles. The Morgan fingerprint density at radius 3 is 2.58 bits per heavy atom. The van der Waals surface area contributed by atoms with Gasteiger partial charge in [-0.25, -0.2) is 4.68 Å². The van der Waals surface area contributed by atoms with Gasteiger partial charge in [0.15, 0.2) is 5.69 Å². The Bertz CT molecular complexity index is 1060. The van der Waals surface area contributed by atoms with Crippen molar-refractivity contribution in [1.82, 2.24) is 30.1 Å². The van der Waals surface area contributed by atoms with Crippen LogP contribution < -0.4 is 5.32 Å². The van der Waals surface area contributed by atoms with Crippen molar-refractivity contribution in [2.45, 2.75) is 20.0 Å².